The van der Waals surface area contributed by atoms with Gasteiger partial charge in [0.05, 0.1) is 6.61 Å². The van der Waals surface area contributed by atoms with Crippen molar-refractivity contribution >= 4 is 5.97 Å². The van der Waals surface area contributed by atoms with Gasteiger partial charge in [0, 0.05) is 19.2 Å². The first-order valence-electron chi connectivity index (χ1n) is 5.53. The number of nitrogens with zero attached hydrogens (tertiary/aromatic N) is 1. The molecule has 0 saturated carbocycles. The molecule has 1 aromatic heterocycles. The lowest BCUT2D eigenvalue weighted by atomic mass is 10.2. The van der Waals surface area contributed by atoms with Crippen LogP contribution in [-0.2, 0) is 11.3 Å². The smallest absolute Gasteiger partial charge is 0.352 e. The molecule has 0 atom stereocenters. The number of carbonyl (C=O) groups is 1. The van der Waals surface area contributed by atoms with Crippen LogP contribution in [0.1, 0.15) is 24.3 Å². The number of rotatable bonds is 6. The van der Waals surface area contributed by atoms with Crippen LogP contribution < -0.4 is 5.56 Å². The van der Waals surface area contributed by atoms with Gasteiger partial charge in [0.25, 0.3) is 5.56 Å². The van der Waals surface area contributed by atoms with E-state index in [4.69, 9.17) is 9.84 Å². The van der Waals surface area contributed by atoms with Gasteiger partial charge >= 0.3 is 5.97 Å². The highest BCUT2D eigenvalue weighted by Crippen LogP contribution is 1.98. The SMILES string of the molecule is CC(C)COCCn1c(C(=O)O)cccc1=O. The first kappa shape index (κ1) is 13.4. The average molecular weight is 239 g/mol. The van der Waals surface area contributed by atoms with Crippen molar-refractivity contribution in [2.24, 2.45) is 5.92 Å². The molecular formula is C12H17NO4. The van der Waals surface area contributed by atoms with Crippen molar-refractivity contribution in [3.8, 4) is 0 Å². The fourth-order valence-electron chi connectivity index (χ4n) is 1.41. The maximum absolute atomic E-state index is 11.5. The van der Waals surface area contributed by atoms with Crippen molar-refractivity contribution < 1.29 is 14.6 Å². The minimum atomic E-state index is -1.11. The molecule has 5 nitrogen and oxygen atoms in total. The highest BCUT2D eigenvalue weighted by molar-refractivity contribution is 5.85. The molecule has 0 aliphatic heterocycles. The third-order valence-corrected chi connectivity index (χ3v) is 2.18. The van der Waals surface area contributed by atoms with Crippen LogP contribution in [0.3, 0.4) is 0 Å². The number of carboxylic acids is 1. The zero-order valence-corrected chi connectivity index (χ0v) is 10.0. The van der Waals surface area contributed by atoms with Crippen molar-refractivity contribution in [1.29, 1.82) is 0 Å². The number of hydrogen-bond acceptors (Lipinski definition) is 3. The first-order valence-corrected chi connectivity index (χ1v) is 5.53. The van der Waals surface area contributed by atoms with E-state index in [1.54, 1.807) is 0 Å². The van der Waals surface area contributed by atoms with E-state index < -0.39 is 5.97 Å². The molecule has 0 radical (unpaired) electrons. The molecule has 1 heterocycles. The highest BCUT2D eigenvalue weighted by atomic mass is 16.5. The summed E-state index contributed by atoms with van der Waals surface area (Å²) in [5.41, 5.74) is -0.330. The predicted octanol–water partition coefficient (Wildman–Crippen LogP) is 1.22. The minimum absolute atomic E-state index is 0.00866. The zero-order chi connectivity index (χ0) is 12.8. The summed E-state index contributed by atoms with van der Waals surface area (Å²) in [6, 6.07) is 4.19. The predicted molar refractivity (Wildman–Crippen MR) is 63.3 cm³/mol. The van der Waals surface area contributed by atoms with E-state index in [1.807, 2.05) is 13.8 Å². The molecule has 0 aromatic carbocycles. The third kappa shape index (κ3) is 4.03. The van der Waals surface area contributed by atoms with Gasteiger partial charge in [-0.2, -0.15) is 0 Å². The van der Waals surface area contributed by atoms with E-state index in [2.05, 4.69) is 0 Å². The second kappa shape index (κ2) is 6.20. The van der Waals surface area contributed by atoms with Gasteiger partial charge in [-0.25, -0.2) is 4.79 Å². The normalized spacial score (nSPS) is 10.8. The molecule has 0 aliphatic rings. The number of hydrogen-bond donors (Lipinski definition) is 1. The fraction of sp³-hybridized carbons (Fsp3) is 0.500. The molecule has 0 amide bonds. The Morgan fingerprint density at radius 3 is 2.76 bits per heavy atom. The molecule has 5 heteroatoms. The monoisotopic (exact) mass is 239 g/mol. The molecule has 17 heavy (non-hydrogen) atoms. The molecular weight excluding hydrogens is 222 g/mol. The van der Waals surface area contributed by atoms with Crippen LogP contribution in [0.2, 0.25) is 0 Å². The summed E-state index contributed by atoms with van der Waals surface area (Å²) in [4.78, 5) is 22.4. The van der Waals surface area contributed by atoms with Gasteiger partial charge in [-0.3, -0.25) is 4.79 Å². The maximum Gasteiger partial charge on any atom is 0.352 e. The van der Waals surface area contributed by atoms with E-state index in [1.165, 1.54) is 22.8 Å². The molecule has 0 bridgehead atoms. The molecule has 0 unspecified atom stereocenters. The van der Waals surface area contributed by atoms with Gasteiger partial charge in [-0.05, 0) is 12.0 Å². The summed E-state index contributed by atoms with van der Waals surface area (Å²) in [6.07, 6.45) is 0. The Hall–Kier alpha value is -1.62. The Balaban J connectivity index is 2.70. The fourth-order valence-corrected chi connectivity index (χ4v) is 1.41. The Labute approximate surface area is 99.6 Å². The standard InChI is InChI=1S/C12H17NO4/c1-9(2)8-17-7-6-13-10(12(15)16)4-3-5-11(13)14/h3-5,9H,6-8H2,1-2H3,(H,15,16). The molecule has 1 rings (SSSR count). The summed E-state index contributed by atoms with van der Waals surface area (Å²) in [5, 5.41) is 8.93. The summed E-state index contributed by atoms with van der Waals surface area (Å²) < 4.78 is 6.55. The van der Waals surface area contributed by atoms with Gasteiger partial charge in [0.1, 0.15) is 5.69 Å². The number of ether oxygens (including phenoxy) is 1. The summed E-state index contributed by atoms with van der Waals surface area (Å²) >= 11 is 0. The van der Waals surface area contributed by atoms with Crippen LogP contribution in [0.25, 0.3) is 0 Å². The van der Waals surface area contributed by atoms with Gasteiger partial charge < -0.3 is 14.4 Å². The second-order valence-electron chi connectivity index (χ2n) is 4.17. The van der Waals surface area contributed by atoms with Gasteiger partial charge in [0.15, 0.2) is 0 Å². The largest absolute Gasteiger partial charge is 0.477 e. The van der Waals surface area contributed by atoms with Crippen LogP contribution in [0, 0.1) is 5.92 Å². The number of pyridine rings is 1. The highest BCUT2D eigenvalue weighted by Gasteiger charge is 2.09. The number of aromatic carboxylic acids is 1. The van der Waals surface area contributed by atoms with Crippen LogP contribution in [0.15, 0.2) is 23.0 Å². The lowest BCUT2D eigenvalue weighted by Crippen LogP contribution is -2.27. The Bertz CT molecular complexity index is 436. The van der Waals surface area contributed by atoms with E-state index in [0.717, 1.165) is 0 Å². The topological polar surface area (TPSA) is 68.5 Å². The van der Waals surface area contributed by atoms with Crippen LogP contribution in [0.4, 0.5) is 0 Å². The van der Waals surface area contributed by atoms with Crippen LogP contribution in [-0.4, -0.2) is 28.9 Å². The van der Waals surface area contributed by atoms with Crippen molar-refractivity contribution in [1.82, 2.24) is 4.57 Å². The lowest BCUT2D eigenvalue weighted by molar-refractivity contribution is 0.0674. The minimum Gasteiger partial charge on any atom is -0.477 e. The average Bonchev–Trinajstić information content (AvgIpc) is 2.25. The Kier molecular flexibility index (Phi) is 4.90. The molecule has 1 N–H and O–H groups in total. The molecule has 1 aromatic rings. The zero-order valence-electron chi connectivity index (χ0n) is 10.0. The first-order chi connectivity index (χ1) is 8.02. The van der Waals surface area contributed by atoms with E-state index >= 15 is 0 Å². The summed E-state index contributed by atoms with van der Waals surface area (Å²) in [7, 11) is 0. The van der Waals surface area contributed by atoms with E-state index in [0.29, 0.717) is 19.1 Å². The second-order valence-corrected chi connectivity index (χ2v) is 4.17. The third-order valence-electron chi connectivity index (χ3n) is 2.18. The maximum atomic E-state index is 11.5. The van der Waals surface area contributed by atoms with Crippen LogP contribution >= 0.6 is 0 Å². The molecule has 94 valence electrons. The van der Waals surface area contributed by atoms with Crippen molar-refractivity contribution in [2.45, 2.75) is 20.4 Å². The van der Waals surface area contributed by atoms with E-state index in [9.17, 15) is 9.59 Å². The lowest BCUT2D eigenvalue weighted by Gasteiger charge is -2.10. The number of carboxylic acid groups (broad SMARTS) is 1. The van der Waals surface area contributed by atoms with Gasteiger partial charge in [0.2, 0.25) is 0 Å². The van der Waals surface area contributed by atoms with Crippen molar-refractivity contribution in [3.63, 3.8) is 0 Å². The van der Waals surface area contributed by atoms with Crippen molar-refractivity contribution in [2.75, 3.05) is 13.2 Å². The molecule has 0 saturated heterocycles. The molecule has 0 spiro atoms. The van der Waals surface area contributed by atoms with Gasteiger partial charge in [-0.1, -0.05) is 19.9 Å². The number of aromatic nitrogens is 1. The van der Waals surface area contributed by atoms with Gasteiger partial charge in [-0.15, -0.1) is 0 Å². The summed E-state index contributed by atoms with van der Waals surface area (Å²) in [6.45, 7) is 5.25. The van der Waals surface area contributed by atoms with E-state index in [-0.39, 0.29) is 17.8 Å². The van der Waals surface area contributed by atoms with Crippen LogP contribution in [0.5, 0.6) is 0 Å². The Morgan fingerprint density at radius 2 is 2.18 bits per heavy atom. The molecule has 0 aliphatic carbocycles. The summed E-state index contributed by atoms with van der Waals surface area (Å²) in [5.74, 6) is -0.687. The quantitative estimate of drug-likeness (QED) is 0.758. The van der Waals surface area contributed by atoms with Crippen molar-refractivity contribution in [3.05, 3.63) is 34.2 Å². The molecule has 0 fully saturated rings. The Morgan fingerprint density at radius 1 is 1.47 bits per heavy atom.